The van der Waals surface area contributed by atoms with Gasteiger partial charge in [-0.1, -0.05) is 25.1 Å². The van der Waals surface area contributed by atoms with Crippen LogP contribution >= 0.6 is 11.8 Å². The predicted molar refractivity (Wildman–Crippen MR) is 57.4 cm³/mol. The SMILES string of the molecule is CCSc1ccccc1.[Li][C]#C. The van der Waals surface area contributed by atoms with Gasteiger partial charge < -0.3 is 0 Å². The molecule has 12 heavy (non-hydrogen) atoms. The maximum atomic E-state index is 4.60. The van der Waals surface area contributed by atoms with Crippen LogP contribution in [0.4, 0.5) is 0 Å². The van der Waals surface area contributed by atoms with Gasteiger partial charge in [0.2, 0.25) is 0 Å². The summed E-state index contributed by atoms with van der Waals surface area (Å²) in [5.74, 6) is 1.16. The van der Waals surface area contributed by atoms with Gasteiger partial charge in [-0.15, -0.1) is 11.8 Å². The Balaban J connectivity index is 0.000000354. The third-order valence-electron chi connectivity index (χ3n) is 1.05. The molecule has 1 aromatic carbocycles. The van der Waals surface area contributed by atoms with Gasteiger partial charge in [-0.3, -0.25) is 0 Å². The Kier molecular flexibility index (Phi) is 8.62. The molecule has 58 valence electrons. The van der Waals surface area contributed by atoms with Crippen LogP contribution in [0, 0.1) is 11.0 Å². The van der Waals surface area contributed by atoms with E-state index in [-0.39, 0.29) is 0 Å². The first-order chi connectivity index (χ1) is 5.85. The summed E-state index contributed by atoms with van der Waals surface area (Å²) in [6, 6.07) is 10.4. The fourth-order valence-electron chi connectivity index (χ4n) is 0.683. The fourth-order valence-corrected chi connectivity index (χ4v) is 1.37. The van der Waals surface area contributed by atoms with E-state index in [9.17, 15) is 0 Å². The minimum absolute atomic E-state index is 1.16. The molecule has 0 aliphatic carbocycles. The van der Waals surface area contributed by atoms with Crippen LogP contribution in [-0.4, -0.2) is 23.5 Å². The molecule has 0 spiro atoms. The van der Waals surface area contributed by atoms with Crippen molar-refractivity contribution in [3.05, 3.63) is 30.3 Å². The Morgan fingerprint density at radius 2 is 1.92 bits per heavy atom. The van der Waals surface area contributed by atoms with Crippen molar-refractivity contribution in [1.82, 2.24) is 0 Å². The van der Waals surface area contributed by atoms with Crippen molar-refractivity contribution in [2.75, 3.05) is 5.75 Å². The Hall–Kier alpha value is -0.273. The minimum atomic E-state index is 1.16. The molecule has 0 heterocycles. The topological polar surface area (TPSA) is 0 Å². The van der Waals surface area contributed by atoms with Gasteiger partial charge in [0.15, 0.2) is 0 Å². The zero-order chi connectivity index (χ0) is 9.23. The normalized spacial score (nSPS) is 7.83. The van der Waals surface area contributed by atoms with E-state index >= 15 is 0 Å². The summed E-state index contributed by atoms with van der Waals surface area (Å²) in [5.41, 5.74) is 0. The zero-order valence-electron chi connectivity index (χ0n) is 7.58. The molecule has 2 heteroatoms. The van der Waals surface area contributed by atoms with E-state index in [4.69, 9.17) is 0 Å². The number of hydrogen-bond donors (Lipinski definition) is 0. The average Bonchev–Trinajstić information content (AvgIpc) is 2.08. The molecular formula is C10H11LiS. The standard InChI is InChI=1S/C8H10S.C2H.Li/c1-2-9-8-6-4-3-5-7-8;1-2;/h3-7H,2H2,1H3;1H;. The fraction of sp³-hybridized carbons (Fsp3) is 0.200. The van der Waals surface area contributed by atoms with E-state index in [2.05, 4.69) is 42.2 Å². The van der Waals surface area contributed by atoms with E-state index < -0.39 is 0 Å². The molecule has 1 rings (SSSR count). The van der Waals surface area contributed by atoms with Gasteiger partial charge in [-0.25, -0.2) is 0 Å². The number of benzene rings is 1. The second kappa shape index (κ2) is 8.82. The number of terminal acetylenes is 1. The van der Waals surface area contributed by atoms with Crippen LogP contribution in [0.5, 0.6) is 0 Å². The van der Waals surface area contributed by atoms with Crippen molar-refractivity contribution in [2.45, 2.75) is 11.8 Å². The van der Waals surface area contributed by atoms with Crippen molar-refractivity contribution in [3.63, 3.8) is 0 Å². The molecule has 0 aliphatic rings. The van der Waals surface area contributed by atoms with Crippen LogP contribution in [0.2, 0.25) is 0 Å². The molecule has 0 aromatic heterocycles. The molecule has 0 N–H and O–H groups in total. The molecule has 0 unspecified atom stereocenters. The molecule has 1 aromatic rings. The number of rotatable bonds is 2. The monoisotopic (exact) mass is 170 g/mol. The van der Waals surface area contributed by atoms with E-state index in [0.29, 0.717) is 0 Å². The molecule has 0 fully saturated rings. The van der Waals surface area contributed by atoms with Crippen molar-refractivity contribution < 1.29 is 0 Å². The van der Waals surface area contributed by atoms with E-state index in [1.165, 1.54) is 4.90 Å². The first kappa shape index (κ1) is 11.7. The summed E-state index contributed by atoms with van der Waals surface area (Å²) in [7, 11) is 0. The Morgan fingerprint density at radius 3 is 2.33 bits per heavy atom. The van der Waals surface area contributed by atoms with Gasteiger partial charge in [0.25, 0.3) is 0 Å². The molecule has 0 saturated carbocycles. The van der Waals surface area contributed by atoms with Crippen LogP contribution in [0.3, 0.4) is 0 Å². The van der Waals surface area contributed by atoms with Gasteiger partial charge >= 0.3 is 28.7 Å². The second-order valence-electron chi connectivity index (χ2n) is 2.03. The van der Waals surface area contributed by atoms with Crippen LogP contribution in [0.15, 0.2) is 35.2 Å². The summed E-state index contributed by atoms with van der Waals surface area (Å²) >= 11 is 3.53. The predicted octanol–water partition coefficient (Wildman–Crippen LogP) is 2.54. The molecule has 0 saturated heterocycles. The van der Waals surface area contributed by atoms with Gasteiger partial charge in [0.05, 0.1) is 0 Å². The van der Waals surface area contributed by atoms with E-state index in [1.807, 2.05) is 17.8 Å². The van der Waals surface area contributed by atoms with Crippen LogP contribution < -0.4 is 0 Å². The first-order valence-corrected chi connectivity index (χ1v) is 4.88. The Labute approximate surface area is 88.3 Å². The molecular weight excluding hydrogens is 159 g/mol. The van der Waals surface area contributed by atoms with Crippen LogP contribution in [-0.2, 0) is 0 Å². The molecule has 0 atom stereocenters. The third-order valence-corrected chi connectivity index (χ3v) is 1.95. The second-order valence-corrected chi connectivity index (χ2v) is 3.37. The van der Waals surface area contributed by atoms with Crippen molar-refractivity contribution >= 4 is 29.5 Å². The zero-order valence-corrected chi connectivity index (χ0v) is 8.40. The van der Waals surface area contributed by atoms with Gasteiger partial charge in [-0.05, 0) is 17.9 Å². The summed E-state index contributed by atoms with van der Waals surface area (Å²) in [4.78, 5) is 1.36. The molecule has 0 aliphatic heterocycles. The van der Waals surface area contributed by atoms with Gasteiger partial charge in [-0.2, -0.15) is 0 Å². The van der Waals surface area contributed by atoms with Crippen molar-refractivity contribution in [1.29, 1.82) is 0 Å². The molecule has 0 amide bonds. The summed E-state index contributed by atoms with van der Waals surface area (Å²) in [5, 5.41) is 0. The first-order valence-electron chi connectivity index (χ1n) is 3.90. The van der Waals surface area contributed by atoms with Crippen LogP contribution in [0.25, 0.3) is 0 Å². The van der Waals surface area contributed by atoms with Crippen molar-refractivity contribution in [3.8, 4) is 11.0 Å². The Bertz CT molecular complexity index is 225. The van der Waals surface area contributed by atoms with Gasteiger partial charge in [0, 0.05) is 4.90 Å². The quantitative estimate of drug-likeness (QED) is 0.373. The van der Waals surface area contributed by atoms with Crippen LogP contribution in [0.1, 0.15) is 6.92 Å². The number of hydrogen-bond acceptors (Lipinski definition) is 1. The summed E-state index contributed by atoms with van der Waals surface area (Å²) < 4.78 is 2.25. The van der Waals surface area contributed by atoms with E-state index in [1.54, 1.807) is 17.7 Å². The maximum absolute atomic E-state index is 4.60. The molecule has 0 nitrogen and oxygen atoms in total. The van der Waals surface area contributed by atoms with Gasteiger partial charge in [0.1, 0.15) is 0 Å². The molecule has 0 radical (unpaired) electrons. The average molecular weight is 170 g/mol. The summed E-state index contributed by atoms with van der Waals surface area (Å²) in [6.45, 7) is 2.16. The van der Waals surface area contributed by atoms with E-state index in [0.717, 1.165) is 5.75 Å². The molecule has 0 bridgehead atoms. The summed E-state index contributed by atoms with van der Waals surface area (Å²) in [6.07, 6.45) is 4.60. The third kappa shape index (κ3) is 6.44. The van der Waals surface area contributed by atoms with Crippen molar-refractivity contribution in [2.24, 2.45) is 0 Å². The Morgan fingerprint density at radius 1 is 1.42 bits per heavy atom. The number of thioether (sulfide) groups is 1.